The summed E-state index contributed by atoms with van der Waals surface area (Å²) in [7, 11) is 0. The molecule has 4 heterocycles. The summed E-state index contributed by atoms with van der Waals surface area (Å²) >= 11 is 19.8. The van der Waals surface area contributed by atoms with Gasteiger partial charge in [-0.25, -0.2) is 0 Å². The van der Waals surface area contributed by atoms with E-state index < -0.39 is 0 Å². The Bertz CT molecular complexity index is 592. The zero-order chi connectivity index (χ0) is 15.1. The summed E-state index contributed by atoms with van der Waals surface area (Å²) in [5, 5.41) is 0. The first-order chi connectivity index (χ1) is 10.8. The third-order valence-electron chi connectivity index (χ3n) is 2.70. The topological polar surface area (TPSA) is 0 Å². The Kier molecular flexibility index (Phi) is 6.49. The molecule has 0 bridgehead atoms. The molecule has 10 heteroatoms. The fourth-order valence-corrected chi connectivity index (χ4v) is 16.5. The van der Waals surface area contributed by atoms with Gasteiger partial charge in [0.2, 0.25) is 0 Å². The second-order valence-electron chi connectivity index (χ2n) is 4.02. The van der Waals surface area contributed by atoms with E-state index in [2.05, 4.69) is 12.5 Å². The van der Waals surface area contributed by atoms with E-state index in [1.807, 2.05) is 118 Å². The molecule has 22 heavy (non-hydrogen) atoms. The second kappa shape index (κ2) is 8.00. The van der Waals surface area contributed by atoms with Gasteiger partial charge in [-0.05, 0) is 12.5 Å². The van der Waals surface area contributed by atoms with Crippen molar-refractivity contribution >= 4 is 118 Å². The van der Waals surface area contributed by atoms with Crippen molar-refractivity contribution in [1.29, 1.82) is 0 Å². The molecule has 118 valence electrons. The Morgan fingerprint density at radius 1 is 0.636 bits per heavy atom. The lowest BCUT2D eigenvalue weighted by molar-refractivity contribution is 1.56. The first kappa shape index (κ1) is 17.9. The maximum absolute atomic E-state index is 2.18. The molecular formula is C12H10S10. The Labute approximate surface area is 173 Å². The van der Waals surface area contributed by atoms with Crippen molar-refractivity contribution in [2.75, 3.05) is 24.0 Å². The Morgan fingerprint density at radius 3 is 1.50 bits per heavy atom. The van der Waals surface area contributed by atoms with E-state index in [0.29, 0.717) is 0 Å². The minimum absolute atomic E-state index is 1.26. The Hall–Kier alpha value is 2.46. The van der Waals surface area contributed by atoms with Crippen LogP contribution in [-0.4, -0.2) is 24.0 Å². The number of hydrogen-bond acceptors (Lipinski definition) is 10. The van der Waals surface area contributed by atoms with Crippen LogP contribution in [0.25, 0.3) is 0 Å². The van der Waals surface area contributed by atoms with Crippen molar-refractivity contribution in [3.05, 3.63) is 33.9 Å². The van der Waals surface area contributed by atoms with Crippen LogP contribution in [0.1, 0.15) is 0 Å². The average Bonchev–Trinajstić information content (AvgIpc) is 3.19. The summed E-state index contributed by atoms with van der Waals surface area (Å²) < 4.78 is 12.0. The summed E-state index contributed by atoms with van der Waals surface area (Å²) in [6.07, 6.45) is 4.35. The van der Waals surface area contributed by atoms with Crippen molar-refractivity contribution < 1.29 is 0 Å². The minimum Gasteiger partial charge on any atom is -0.121 e. The average molecular weight is 475 g/mol. The molecule has 0 aromatic rings. The molecule has 0 nitrogen and oxygen atoms in total. The summed E-state index contributed by atoms with van der Waals surface area (Å²) in [6.45, 7) is 0. The van der Waals surface area contributed by atoms with Gasteiger partial charge in [0.05, 0.1) is 33.9 Å². The molecule has 4 aliphatic rings. The SMILES string of the molecule is CSC(SC)=C1SC2=C(S1)SC(=C1SC3=C(SCCS3)S1)S2. The largest absolute Gasteiger partial charge is 0.121 e. The maximum Gasteiger partial charge on any atom is 0.0718 e. The fraction of sp³-hybridized carbons (Fsp3) is 0.333. The number of hydrogen-bond donors (Lipinski definition) is 0. The van der Waals surface area contributed by atoms with E-state index in [1.165, 1.54) is 36.9 Å². The Balaban J connectivity index is 1.47. The number of rotatable bonds is 2. The van der Waals surface area contributed by atoms with Crippen LogP contribution in [0.15, 0.2) is 33.9 Å². The van der Waals surface area contributed by atoms with Crippen LogP contribution in [0.3, 0.4) is 0 Å². The standard InChI is InChI=1S/C12H10S10/c1-13-5(14-2)8-19-11-12(20-8)22-10(21-11)9-17-6-7(18-9)16-4-3-15-6/h3-4H2,1-2H3. The van der Waals surface area contributed by atoms with Crippen molar-refractivity contribution in [1.82, 2.24) is 0 Å². The van der Waals surface area contributed by atoms with Crippen molar-refractivity contribution in [3.63, 3.8) is 0 Å². The van der Waals surface area contributed by atoms with Crippen LogP contribution in [-0.2, 0) is 0 Å². The molecule has 0 saturated heterocycles. The summed E-state index contributed by atoms with van der Waals surface area (Å²) in [4.78, 5) is 0. The molecule has 0 saturated carbocycles. The van der Waals surface area contributed by atoms with Crippen molar-refractivity contribution in [2.45, 2.75) is 0 Å². The summed E-state index contributed by atoms with van der Waals surface area (Å²) in [5.74, 6) is 2.53. The van der Waals surface area contributed by atoms with Gasteiger partial charge in [-0.15, -0.1) is 47.0 Å². The molecule has 4 rings (SSSR count). The highest BCUT2D eigenvalue weighted by molar-refractivity contribution is 8.50. The first-order valence-corrected chi connectivity index (χ1v) is 15.5. The smallest absolute Gasteiger partial charge is 0.0718 e. The van der Waals surface area contributed by atoms with Gasteiger partial charge in [0.25, 0.3) is 0 Å². The predicted molar refractivity (Wildman–Crippen MR) is 126 cm³/mol. The second-order valence-corrected chi connectivity index (χ2v) is 16.1. The van der Waals surface area contributed by atoms with E-state index in [-0.39, 0.29) is 0 Å². The quantitative estimate of drug-likeness (QED) is 0.382. The highest BCUT2D eigenvalue weighted by Crippen LogP contribution is 2.71. The maximum atomic E-state index is 2.18. The van der Waals surface area contributed by atoms with E-state index in [4.69, 9.17) is 0 Å². The fourth-order valence-electron chi connectivity index (χ4n) is 1.80. The van der Waals surface area contributed by atoms with Gasteiger partial charge in [0, 0.05) is 11.5 Å². The van der Waals surface area contributed by atoms with Crippen LogP contribution in [0.2, 0.25) is 0 Å². The van der Waals surface area contributed by atoms with Gasteiger partial charge in [-0.1, -0.05) is 70.6 Å². The van der Waals surface area contributed by atoms with Crippen LogP contribution >= 0.6 is 118 Å². The number of thioether (sulfide) groups is 10. The molecule has 0 unspecified atom stereocenters. The van der Waals surface area contributed by atoms with Crippen molar-refractivity contribution in [2.24, 2.45) is 0 Å². The van der Waals surface area contributed by atoms with E-state index in [0.717, 1.165) is 0 Å². The summed E-state index contributed by atoms with van der Waals surface area (Å²) in [5.41, 5.74) is 0. The van der Waals surface area contributed by atoms with E-state index in [1.54, 1.807) is 8.47 Å². The molecule has 0 aliphatic carbocycles. The van der Waals surface area contributed by atoms with E-state index >= 15 is 0 Å². The first-order valence-electron chi connectivity index (χ1n) is 6.16. The lowest BCUT2D eigenvalue weighted by Gasteiger charge is -2.08. The third kappa shape index (κ3) is 3.62. The zero-order valence-electron chi connectivity index (χ0n) is 11.5. The molecule has 4 aliphatic heterocycles. The van der Waals surface area contributed by atoms with Crippen LogP contribution in [0.5, 0.6) is 0 Å². The van der Waals surface area contributed by atoms with Gasteiger partial charge in [0.15, 0.2) is 0 Å². The molecular weight excluding hydrogens is 465 g/mol. The Morgan fingerprint density at radius 2 is 1.05 bits per heavy atom. The molecule has 0 atom stereocenters. The van der Waals surface area contributed by atoms with Gasteiger partial charge in [-0.2, -0.15) is 0 Å². The van der Waals surface area contributed by atoms with Crippen LogP contribution in [0.4, 0.5) is 0 Å². The normalized spacial score (nSPS) is 24.5. The molecule has 0 spiro atoms. The molecule has 0 amide bonds. The highest BCUT2D eigenvalue weighted by Gasteiger charge is 2.36. The van der Waals surface area contributed by atoms with Crippen molar-refractivity contribution in [3.8, 4) is 0 Å². The molecule has 0 fully saturated rings. The predicted octanol–water partition coefficient (Wildman–Crippen LogP) is 8.14. The highest BCUT2D eigenvalue weighted by atomic mass is 32.3. The van der Waals surface area contributed by atoms with Crippen LogP contribution < -0.4 is 0 Å². The third-order valence-corrected chi connectivity index (χ3v) is 17.3. The zero-order valence-corrected chi connectivity index (χ0v) is 19.7. The van der Waals surface area contributed by atoms with Crippen LogP contribution in [0, 0.1) is 0 Å². The molecule has 0 N–H and O–H groups in total. The lowest BCUT2D eigenvalue weighted by atomic mass is 11.0. The minimum atomic E-state index is 1.26. The molecule has 0 aromatic heterocycles. The van der Waals surface area contributed by atoms with Gasteiger partial charge in [0.1, 0.15) is 0 Å². The molecule has 0 aromatic carbocycles. The monoisotopic (exact) mass is 474 g/mol. The van der Waals surface area contributed by atoms with Gasteiger partial charge >= 0.3 is 0 Å². The molecule has 0 radical (unpaired) electrons. The van der Waals surface area contributed by atoms with Gasteiger partial charge in [-0.3, -0.25) is 0 Å². The van der Waals surface area contributed by atoms with Gasteiger partial charge < -0.3 is 0 Å². The summed E-state index contributed by atoms with van der Waals surface area (Å²) in [6, 6.07) is 0. The lowest BCUT2D eigenvalue weighted by Crippen LogP contribution is -1.88. The van der Waals surface area contributed by atoms with E-state index in [9.17, 15) is 0 Å².